The average Bonchev–Trinajstić information content (AvgIpc) is 2.27. The molecule has 16 heavy (non-hydrogen) atoms. The highest BCUT2D eigenvalue weighted by molar-refractivity contribution is 5.76. The molecule has 0 N–H and O–H groups in total. The summed E-state index contributed by atoms with van der Waals surface area (Å²) >= 11 is 0. The van der Waals surface area contributed by atoms with Crippen LogP contribution in [0.2, 0.25) is 0 Å². The van der Waals surface area contributed by atoms with Gasteiger partial charge in [0.05, 0.1) is 14.2 Å². The molecule has 1 rings (SSSR count). The van der Waals surface area contributed by atoms with E-state index in [0.29, 0.717) is 6.42 Å². The molecule has 0 radical (unpaired) electrons. The fourth-order valence-electron chi connectivity index (χ4n) is 1.77. The summed E-state index contributed by atoms with van der Waals surface area (Å²) in [6, 6.07) is 5.64. The standard InChI is InChI=1S/C13H18O3/c1-9(7-10(2)14)12-8-11(15-3)5-6-13(12)16-4/h5-6,8-9H,7H2,1-4H3. The van der Waals surface area contributed by atoms with Crippen LogP contribution >= 0.6 is 0 Å². The van der Waals surface area contributed by atoms with Crippen LogP contribution < -0.4 is 9.47 Å². The Morgan fingerprint density at radius 3 is 2.50 bits per heavy atom. The molecule has 0 bridgehead atoms. The van der Waals surface area contributed by atoms with Gasteiger partial charge in [-0.25, -0.2) is 0 Å². The van der Waals surface area contributed by atoms with Gasteiger partial charge in [0.15, 0.2) is 0 Å². The van der Waals surface area contributed by atoms with Gasteiger partial charge >= 0.3 is 0 Å². The minimum atomic E-state index is 0.141. The van der Waals surface area contributed by atoms with Crippen molar-refractivity contribution in [1.29, 1.82) is 0 Å². The number of hydrogen-bond acceptors (Lipinski definition) is 3. The molecule has 0 amide bonds. The minimum absolute atomic E-state index is 0.141. The summed E-state index contributed by atoms with van der Waals surface area (Å²) < 4.78 is 10.4. The molecule has 0 aliphatic heterocycles. The normalized spacial score (nSPS) is 12.0. The number of benzene rings is 1. The zero-order valence-electron chi connectivity index (χ0n) is 10.2. The number of methoxy groups -OCH3 is 2. The molecule has 0 aliphatic rings. The lowest BCUT2D eigenvalue weighted by Gasteiger charge is -2.15. The Morgan fingerprint density at radius 2 is 2.00 bits per heavy atom. The molecular weight excluding hydrogens is 204 g/mol. The minimum Gasteiger partial charge on any atom is -0.497 e. The van der Waals surface area contributed by atoms with Crippen molar-refractivity contribution in [2.75, 3.05) is 14.2 Å². The SMILES string of the molecule is COc1ccc(OC)c(C(C)CC(C)=O)c1. The molecule has 0 fully saturated rings. The second-order valence-electron chi connectivity index (χ2n) is 3.92. The van der Waals surface area contributed by atoms with Gasteiger partial charge in [0.1, 0.15) is 17.3 Å². The van der Waals surface area contributed by atoms with Crippen molar-refractivity contribution in [2.45, 2.75) is 26.2 Å². The summed E-state index contributed by atoms with van der Waals surface area (Å²) in [6.07, 6.45) is 0.517. The van der Waals surface area contributed by atoms with E-state index in [4.69, 9.17) is 9.47 Å². The van der Waals surface area contributed by atoms with Crippen molar-refractivity contribution in [3.8, 4) is 11.5 Å². The number of carbonyl (C=O) groups excluding carboxylic acids is 1. The first kappa shape index (κ1) is 12.6. The van der Waals surface area contributed by atoms with Crippen LogP contribution in [0.1, 0.15) is 31.7 Å². The van der Waals surface area contributed by atoms with Crippen LogP contribution in [0.4, 0.5) is 0 Å². The van der Waals surface area contributed by atoms with Crippen molar-refractivity contribution in [1.82, 2.24) is 0 Å². The topological polar surface area (TPSA) is 35.5 Å². The van der Waals surface area contributed by atoms with Gasteiger partial charge in [-0.05, 0) is 31.0 Å². The quantitative estimate of drug-likeness (QED) is 0.768. The Kier molecular flexibility index (Phi) is 4.35. The summed E-state index contributed by atoms with van der Waals surface area (Å²) in [4.78, 5) is 11.1. The first-order valence-electron chi connectivity index (χ1n) is 5.29. The van der Waals surface area contributed by atoms with E-state index in [1.807, 2.05) is 25.1 Å². The van der Waals surface area contributed by atoms with Gasteiger partial charge in [0.25, 0.3) is 0 Å². The highest BCUT2D eigenvalue weighted by Gasteiger charge is 2.14. The van der Waals surface area contributed by atoms with E-state index in [1.165, 1.54) is 0 Å². The molecule has 0 saturated heterocycles. The van der Waals surface area contributed by atoms with Crippen LogP contribution in [0.5, 0.6) is 11.5 Å². The van der Waals surface area contributed by atoms with E-state index >= 15 is 0 Å². The van der Waals surface area contributed by atoms with Crippen LogP contribution in [0.25, 0.3) is 0 Å². The van der Waals surface area contributed by atoms with E-state index in [-0.39, 0.29) is 11.7 Å². The van der Waals surface area contributed by atoms with Crippen LogP contribution in [0.3, 0.4) is 0 Å². The number of ether oxygens (including phenoxy) is 2. The zero-order valence-corrected chi connectivity index (χ0v) is 10.2. The Bertz CT molecular complexity index is 371. The lowest BCUT2D eigenvalue weighted by Crippen LogP contribution is -2.03. The lowest BCUT2D eigenvalue weighted by atomic mass is 9.95. The Balaban J connectivity index is 3.02. The molecule has 1 unspecified atom stereocenters. The third kappa shape index (κ3) is 2.99. The molecule has 0 aliphatic carbocycles. The predicted octanol–water partition coefficient (Wildman–Crippen LogP) is 2.79. The molecule has 1 aromatic carbocycles. The molecule has 88 valence electrons. The molecule has 0 aromatic heterocycles. The maximum Gasteiger partial charge on any atom is 0.130 e. The molecular formula is C13H18O3. The fourth-order valence-corrected chi connectivity index (χ4v) is 1.77. The first-order valence-corrected chi connectivity index (χ1v) is 5.29. The summed E-state index contributed by atoms with van der Waals surface area (Å²) in [6.45, 7) is 3.61. The molecule has 3 nitrogen and oxygen atoms in total. The third-order valence-corrected chi connectivity index (χ3v) is 2.56. The summed E-state index contributed by atoms with van der Waals surface area (Å²) in [5.41, 5.74) is 1.01. The molecule has 3 heteroatoms. The van der Waals surface area contributed by atoms with Crippen molar-refractivity contribution in [3.63, 3.8) is 0 Å². The molecule has 0 heterocycles. The smallest absolute Gasteiger partial charge is 0.130 e. The Labute approximate surface area is 96.4 Å². The number of Topliss-reactive ketones (excluding diaryl/α,β-unsaturated/α-hetero) is 1. The van der Waals surface area contributed by atoms with Crippen molar-refractivity contribution < 1.29 is 14.3 Å². The number of carbonyl (C=O) groups is 1. The molecule has 0 spiro atoms. The van der Waals surface area contributed by atoms with E-state index in [9.17, 15) is 4.79 Å². The highest BCUT2D eigenvalue weighted by atomic mass is 16.5. The molecule has 0 saturated carbocycles. The second kappa shape index (κ2) is 5.54. The average molecular weight is 222 g/mol. The predicted molar refractivity (Wildman–Crippen MR) is 63.3 cm³/mol. The largest absolute Gasteiger partial charge is 0.497 e. The summed E-state index contributed by atoms with van der Waals surface area (Å²) in [7, 11) is 3.26. The molecule has 1 aromatic rings. The zero-order chi connectivity index (χ0) is 12.1. The monoisotopic (exact) mass is 222 g/mol. The Hall–Kier alpha value is -1.51. The summed E-state index contributed by atoms with van der Waals surface area (Å²) in [5.74, 6) is 1.90. The fraction of sp³-hybridized carbons (Fsp3) is 0.462. The number of hydrogen-bond donors (Lipinski definition) is 0. The van der Waals surface area contributed by atoms with Gasteiger partial charge < -0.3 is 14.3 Å². The third-order valence-electron chi connectivity index (χ3n) is 2.56. The van der Waals surface area contributed by atoms with Crippen LogP contribution in [-0.2, 0) is 4.79 Å². The summed E-state index contributed by atoms with van der Waals surface area (Å²) in [5, 5.41) is 0. The van der Waals surface area contributed by atoms with Gasteiger partial charge in [0.2, 0.25) is 0 Å². The van der Waals surface area contributed by atoms with Crippen LogP contribution in [0.15, 0.2) is 18.2 Å². The van der Waals surface area contributed by atoms with Crippen molar-refractivity contribution in [2.24, 2.45) is 0 Å². The lowest BCUT2D eigenvalue weighted by molar-refractivity contribution is -0.117. The van der Waals surface area contributed by atoms with Crippen LogP contribution in [0, 0.1) is 0 Å². The van der Waals surface area contributed by atoms with E-state index in [1.54, 1.807) is 21.1 Å². The Morgan fingerprint density at radius 1 is 1.31 bits per heavy atom. The van der Waals surface area contributed by atoms with E-state index in [2.05, 4.69) is 0 Å². The van der Waals surface area contributed by atoms with E-state index < -0.39 is 0 Å². The van der Waals surface area contributed by atoms with Gasteiger partial charge in [-0.15, -0.1) is 0 Å². The van der Waals surface area contributed by atoms with Crippen molar-refractivity contribution >= 4 is 5.78 Å². The van der Waals surface area contributed by atoms with Gasteiger partial charge in [-0.3, -0.25) is 0 Å². The second-order valence-corrected chi connectivity index (χ2v) is 3.92. The van der Waals surface area contributed by atoms with Crippen molar-refractivity contribution in [3.05, 3.63) is 23.8 Å². The highest BCUT2D eigenvalue weighted by Crippen LogP contribution is 2.32. The first-order chi connectivity index (χ1) is 7.58. The number of ketones is 1. The van der Waals surface area contributed by atoms with Gasteiger partial charge in [-0.2, -0.15) is 0 Å². The van der Waals surface area contributed by atoms with Crippen LogP contribution in [-0.4, -0.2) is 20.0 Å². The van der Waals surface area contributed by atoms with Gasteiger partial charge in [-0.1, -0.05) is 6.92 Å². The maximum atomic E-state index is 11.1. The number of rotatable bonds is 5. The van der Waals surface area contributed by atoms with Gasteiger partial charge in [0, 0.05) is 12.0 Å². The van der Waals surface area contributed by atoms with E-state index in [0.717, 1.165) is 17.1 Å². The molecule has 1 atom stereocenters. The maximum absolute atomic E-state index is 11.1.